The molecule has 4 heteroatoms. The highest BCUT2D eigenvalue weighted by molar-refractivity contribution is 4.94. The second-order valence-corrected chi connectivity index (χ2v) is 9.84. The summed E-state index contributed by atoms with van der Waals surface area (Å²) in [5, 5.41) is 0. The minimum Gasteiger partial charge on any atom is -0.384 e. The lowest BCUT2D eigenvalue weighted by Gasteiger charge is -2.48. The van der Waals surface area contributed by atoms with Crippen LogP contribution in [0.1, 0.15) is 90.9 Å². The monoisotopic (exact) mass is 428 g/mol. The number of ether oxygens (including phenoxy) is 4. The van der Waals surface area contributed by atoms with Crippen LogP contribution in [0.15, 0.2) is 0 Å². The number of rotatable bonds is 12. The normalized spacial score (nSPS) is 19.4. The van der Waals surface area contributed by atoms with Crippen LogP contribution < -0.4 is 0 Å². The van der Waals surface area contributed by atoms with Crippen LogP contribution in [0, 0.1) is 22.7 Å². The van der Waals surface area contributed by atoms with Gasteiger partial charge in [0.1, 0.15) is 0 Å². The largest absolute Gasteiger partial charge is 0.384 e. The molecule has 0 heterocycles. The van der Waals surface area contributed by atoms with E-state index in [1.807, 2.05) is 14.2 Å². The summed E-state index contributed by atoms with van der Waals surface area (Å²) in [5.74, 6) is 1.65. The number of hydrogen-bond acceptors (Lipinski definition) is 4. The summed E-state index contributed by atoms with van der Waals surface area (Å²) in [4.78, 5) is 0. The van der Waals surface area contributed by atoms with Crippen molar-refractivity contribution in [1.29, 1.82) is 0 Å². The molecule has 0 saturated heterocycles. The molecule has 0 unspecified atom stereocenters. The Morgan fingerprint density at radius 3 is 1.13 bits per heavy atom. The molecule has 0 aromatic carbocycles. The van der Waals surface area contributed by atoms with Gasteiger partial charge in [-0.05, 0) is 50.4 Å². The smallest absolute Gasteiger partial charge is 0.0546 e. The predicted octanol–water partition coefficient (Wildman–Crippen LogP) is 6.51. The lowest BCUT2D eigenvalue weighted by molar-refractivity contribution is -0.0888. The standard InChI is InChI=1S/C17H32O2.C9H20O2/c1-18-13-17(14-19-2,15-9-5-3-6-10-15)16-11-7-4-8-12-16;1-5-9(6-2,7-10-3)8-11-4/h15-16H,3-14H2,1-2H3;5-8H2,1-4H3. The Bertz CT molecular complexity index is 362. The molecule has 180 valence electrons. The van der Waals surface area contributed by atoms with Gasteiger partial charge < -0.3 is 18.9 Å². The SMILES string of the molecule is CCC(CC)(COC)COC.COCC(COC)(C1CCCCC1)C1CCCCC1. The van der Waals surface area contributed by atoms with E-state index in [0.29, 0.717) is 5.41 Å². The van der Waals surface area contributed by atoms with Crippen LogP contribution in [0.4, 0.5) is 0 Å². The van der Waals surface area contributed by atoms with Gasteiger partial charge in [0.05, 0.1) is 26.4 Å². The predicted molar refractivity (Wildman–Crippen MR) is 126 cm³/mol. The fourth-order valence-electron chi connectivity index (χ4n) is 6.05. The molecule has 2 rings (SSSR count). The van der Waals surface area contributed by atoms with Crippen LogP contribution >= 0.6 is 0 Å². The molecule has 0 aliphatic heterocycles. The van der Waals surface area contributed by atoms with Crippen molar-refractivity contribution in [1.82, 2.24) is 0 Å². The lowest BCUT2D eigenvalue weighted by atomic mass is 9.59. The molecule has 30 heavy (non-hydrogen) atoms. The summed E-state index contributed by atoms with van der Waals surface area (Å²) in [6, 6.07) is 0. The topological polar surface area (TPSA) is 36.9 Å². The molecule has 0 atom stereocenters. The van der Waals surface area contributed by atoms with E-state index in [1.165, 1.54) is 64.2 Å². The Morgan fingerprint density at radius 2 is 0.867 bits per heavy atom. The van der Waals surface area contributed by atoms with Crippen molar-refractivity contribution in [2.75, 3.05) is 54.9 Å². The molecular weight excluding hydrogens is 376 g/mol. The highest BCUT2D eigenvalue weighted by Crippen LogP contribution is 2.49. The Balaban J connectivity index is 0.000000352. The molecule has 2 aliphatic carbocycles. The van der Waals surface area contributed by atoms with Crippen LogP contribution in [0.2, 0.25) is 0 Å². The third kappa shape index (κ3) is 8.07. The summed E-state index contributed by atoms with van der Waals surface area (Å²) < 4.78 is 21.7. The van der Waals surface area contributed by atoms with Crippen LogP contribution in [0.5, 0.6) is 0 Å². The fourth-order valence-corrected chi connectivity index (χ4v) is 6.05. The molecular formula is C26H52O4. The van der Waals surface area contributed by atoms with Crippen LogP contribution in [-0.4, -0.2) is 54.9 Å². The van der Waals surface area contributed by atoms with E-state index in [9.17, 15) is 0 Å². The fraction of sp³-hybridized carbons (Fsp3) is 1.00. The Morgan fingerprint density at radius 1 is 0.533 bits per heavy atom. The minimum absolute atomic E-state index is 0.240. The van der Waals surface area contributed by atoms with Gasteiger partial charge in [0, 0.05) is 39.3 Å². The van der Waals surface area contributed by atoms with E-state index < -0.39 is 0 Å². The molecule has 0 radical (unpaired) electrons. The summed E-state index contributed by atoms with van der Waals surface area (Å²) in [5.41, 5.74) is 0.536. The van der Waals surface area contributed by atoms with Gasteiger partial charge in [-0.25, -0.2) is 0 Å². The van der Waals surface area contributed by atoms with Gasteiger partial charge in [0.2, 0.25) is 0 Å². The molecule has 4 nitrogen and oxygen atoms in total. The van der Waals surface area contributed by atoms with Gasteiger partial charge >= 0.3 is 0 Å². The Hall–Kier alpha value is -0.160. The van der Waals surface area contributed by atoms with Gasteiger partial charge in [0.25, 0.3) is 0 Å². The maximum absolute atomic E-state index is 5.69. The quantitative estimate of drug-likeness (QED) is 0.355. The van der Waals surface area contributed by atoms with E-state index in [4.69, 9.17) is 18.9 Å². The maximum Gasteiger partial charge on any atom is 0.0546 e. The molecule has 0 spiro atoms. The first kappa shape index (κ1) is 27.9. The van der Waals surface area contributed by atoms with Crippen LogP contribution in [0.25, 0.3) is 0 Å². The molecule has 0 N–H and O–H groups in total. The van der Waals surface area contributed by atoms with Gasteiger partial charge in [-0.2, -0.15) is 0 Å². The van der Waals surface area contributed by atoms with Crippen molar-refractivity contribution in [3.8, 4) is 0 Å². The minimum atomic E-state index is 0.240. The first-order chi connectivity index (χ1) is 14.6. The summed E-state index contributed by atoms with van der Waals surface area (Å²) >= 11 is 0. The maximum atomic E-state index is 5.69. The van der Waals surface area contributed by atoms with E-state index in [1.54, 1.807) is 14.2 Å². The first-order valence-corrected chi connectivity index (χ1v) is 12.5. The van der Waals surface area contributed by atoms with E-state index >= 15 is 0 Å². The average molecular weight is 429 g/mol. The van der Waals surface area contributed by atoms with Gasteiger partial charge in [0.15, 0.2) is 0 Å². The van der Waals surface area contributed by atoms with Crippen molar-refractivity contribution < 1.29 is 18.9 Å². The first-order valence-electron chi connectivity index (χ1n) is 12.5. The third-order valence-corrected chi connectivity index (χ3v) is 8.06. The number of hydrogen-bond donors (Lipinski definition) is 0. The summed E-state index contributed by atoms with van der Waals surface area (Å²) in [6.07, 6.45) is 16.3. The molecule has 0 aromatic heterocycles. The zero-order chi connectivity index (χ0) is 22.3. The molecule has 2 aliphatic rings. The molecule has 0 bridgehead atoms. The highest BCUT2D eigenvalue weighted by Gasteiger charge is 2.45. The molecule has 0 amide bonds. The lowest BCUT2D eigenvalue weighted by Crippen LogP contribution is -2.47. The number of methoxy groups -OCH3 is 4. The third-order valence-electron chi connectivity index (χ3n) is 8.06. The van der Waals surface area contributed by atoms with Crippen LogP contribution in [-0.2, 0) is 18.9 Å². The Kier molecular flexibility index (Phi) is 14.5. The van der Waals surface area contributed by atoms with Crippen molar-refractivity contribution in [2.45, 2.75) is 90.9 Å². The van der Waals surface area contributed by atoms with Crippen LogP contribution in [0.3, 0.4) is 0 Å². The highest BCUT2D eigenvalue weighted by atomic mass is 16.5. The molecule has 2 saturated carbocycles. The zero-order valence-corrected chi connectivity index (χ0v) is 21.1. The van der Waals surface area contributed by atoms with Crippen molar-refractivity contribution >= 4 is 0 Å². The van der Waals surface area contributed by atoms with E-state index in [0.717, 1.165) is 51.1 Å². The second-order valence-electron chi connectivity index (χ2n) is 9.84. The van der Waals surface area contributed by atoms with Crippen molar-refractivity contribution in [3.63, 3.8) is 0 Å². The van der Waals surface area contributed by atoms with Gasteiger partial charge in [-0.1, -0.05) is 52.4 Å². The van der Waals surface area contributed by atoms with E-state index in [2.05, 4.69) is 13.8 Å². The summed E-state index contributed by atoms with van der Waals surface area (Å²) in [6.45, 7) is 7.76. The van der Waals surface area contributed by atoms with Crippen molar-refractivity contribution in [2.24, 2.45) is 22.7 Å². The van der Waals surface area contributed by atoms with Crippen molar-refractivity contribution in [3.05, 3.63) is 0 Å². The van der Waals surface area contributed by atoms with Gasteiger partial charge in [-0.3, -0.25) is 0 Å². The van der Waals surface area contributed by atoms with E-state index in [-0.39, 0.29) is 5.41 Å². The molecule has 0 aromatic rings. The summed E-state index contributed by atoms with van der Waals surface area (Å²) in [7, 11) is 7.23. The second kappa shape index (κ2) is 15.6. The average Bonchev–Trinajstić information content (AvgIpc) is 2.80. The van der Waals surface area contributed by atoms with Gasteiger partial charge in [-0.15, -0.1) is 0 Å². The zero-order valence-electron chi connectivity index (χ0n) is 21.1. The molecule has 2 fully saturated rings. The Labute approximate surface area is 187 Å².